The van der Waals surface area contributed by atoms with Crippen molar-refractivity contribution in [1.82, 2.24) is 0 Å². The summed E-state index contributed by atoms with van der Waals surface area (Å²) in [6.45, 7) is 3.97. The first-order valence-electron chi connectivity index (χ1n) is 8.91. The number of aliphatic hydroxyl groups is 1. The van der Waals surface area contributed by atoms with Crippen molar-refractivity contribution in [1.29, 1.82) is 0 Å². The van der Waals surface area contributed by atoms with Gasteiger partial charge in [0.2, 0.25) is 0 Å². The Morgan fingerprint density at radius 2 is 1.10 bits per heavy atom. The molecule has 0 aliphatic rings. The minimum Gasteiger partial charge on any atom is -0.390 e. The molecule has 0 aliphatic heterocycles. The maximum absolute atomic E-state index is 12.0. The Hall–Kier alpha value is -0.110. The number of rotatable bonds is 15. The van der Waals surface area contributed by atoms with Gasteiger partial charge in [-0.1, -0.05) is 77.6 Å². The quantitative estimate of drug-likeness (QED) is 0.356. The van der Waals surface area contributed by atoms with Gasteiger partial charge in [0.25, 0.3) is 0 Å². The highest BCUT2D eigenvalue weighted by atomic mass is 19.1. The van der Waals surface area contributed by atoms with E-state index in [1.165, 1.54) is 51.4 Å². The molecule has 0 radical (unpaired) electrons. The molecule has 0 saturated heterocycles. The van der Waals surface area contributed by atoms with E-state index in [2.05, 4.69) is 6.92 Å². The summed E-state index contributed by atoms with van der Waals surface area (Å²) in [7, 11) is 0. The highest BCUT2D eigenvalue weighted by Crippen LogP contribution is 2.22. The van der Waals surface area contributed by atoms with Gasteiger partial charge >= 0.3 is 0 Å². The zero-order valence-corrected chi connectivity index (χ0v) is 13.9. The van der Waals surface area contributed by atoms with Gasteiger partial charge in [-0.15, -0.1) is 0 Å². The Morgan fingerprint density at radius 3 is 1.55 bits per heavy atom. The first-order chi connectivity index (χ1) is 9.62. The lowest BCUT2D eigenvalue weighted by Crippen LogP contribution is -2.23. The Bertz CT molecular complexity index is 192. The van der Waals surface area contributed by atoms with Crippen LogP contribution in [0.3, 0.4) is 0 Å². The highest BCUT2D eigenvalue weighted by molar-refractivity contribution is 4.72. The van der Waals surface area contributed by atoms with Crippen LogP contribution >= 0.6 is 0 Å². The molecule has 0 bridgehead atoms. The van der Waals surface area contributed by atoms with Crippen LogP contribution in [0, 0.1) is 0 Å². The summed E-state index contributed by atoms with van der Waals surface area (Å²) in [5.41, 5.74) is -0.530. The second-order valence-corrected chi connectivity index (χ2v) is 6.58. The van der Waals surface area contributed by atoms with E-state index in [4.69, 9.17) is 0 Å². The lowest BCUT2D eigenvalue weighted by atomic mass is 9.92. The third-order valence-electron chi connectivity index (χ3n) is 4.17. The number of unbranched alkanes of at least 4 members (excludes halogenated alkanes) is 10. The van der Waals surface area contributed by atoms with Gasteiger partial charge in [0.05, 0.1) is 12.3 Å². The van der Waals surface area contributed by atoms with E-state index < -0.39 is 5.60 Å². The summed E-state index contributed by atoms with van der Waals surface area (Å²) in [5, 5.41) is 10.2. The van der Waals surface area contributed by atoms with Crippen molar-refractivity contribution < 1.29 is 9.50 Å². The first-order valence-corrected chi connectivity index (χ1v) is 8.91. The smallest absolute Gasteiger partial charge is 0.0894 e. The molecular formula is C18H37FO. The zero-order chi connectivity index (χ0) is 15.1. The molecule has 0 heterocycles. The van der Waals surface area contributed by atoms with E-state index in [0.29, 0.717) is 6.42 Å². The summed E-state index contributed by atoms with van der Waals surface area (Å²) in [6.07, 6.45) is 16.1. The molecule has 1 N–H and O–H groups in total. The molecule has 0 saturated carbocycles. The summed E-state index contributed by atoms with van der Waals surface area (Å²) < 4.78 is 12.0. The summed E-state index contributed by atoms with van der Waals surface area (Å²) in [4.78, 5) is 0. The summed E-state index contributed by atoms with van der Waals surface area (Å²) in [5.74, 6) is 0. The van der Waals surface area contributed by atoms with Crippen LogP contribution in [0.4, 0.5) is 4.39 Å². The van der Waals surface area contributed by atoms with Crippen LogP contribution in [0.1, 0.15) is 104 Å². The topological polar surface area (TPSA) is 20.2 Å². The van der Waals surface area contributed by atoms with Gasteiger partial charge in [0, 0.05) is 0 Å². The van der Waals surface area contributed by atoms with Gasteiger partial charge in [-0.2, -0.15) is 0 Å². The molecule has 1 atom stereocenters. The Kier molecular flexibility index (Phi) is 13.8. The number of halogens is 1. The number of hydrogen-bond acceptors (Lipinski definition) is 1. The van der Waals surface area contributed by atoms with Crippen LogP contribution in [0.15, 0.2) is 0 Å². The molecule has 1 unspecified atom stereocenters. The number of hydrogen-bond donors (Lipinski definition) is 1. The Labute approximate surface area is 126 Å². The van der Waals surface area contributed by atoms with Crippen LogP contribution in [0.5, 0.6) is 0 Å². The highest BCUT2D eigenvalue weighted by Gasteiger charge is 2.18. The first kappa shape index (κ1) is 19.9. The maximum Gasteiger partial charge on any atom is 0.0894 e. The molecule has 0 amide bonds. The van der Waals surface area contributed by atoms with Crippen molar-refractivity contribution in [3.63, 3.8) is 0 Å². The van der Waals surface area contributed by atoms with Crippen molar-refractivity contribution in [3.8, 4) is 0 Å². The van der Waals surface area contributed by atoms with Crippen molar-refractivity contribution in [2.75, 3.05) is 6.67 Å². The lowest BCUT2D eigenvalue weighted by Gasteiger charge is -2.23. The van der Waals surface area contributed by atoms with Crippen LogP contribution in [0.25, 0.3) is 0 Å². The van der Waals surface area contributed by atoms with Gasteiger partial charge in [-0.05, 0) is 26.2 Å². The standard InChI is InChI=1S/C18H37FO/c1-3-4-5-6-7-8-9-10-12-15-18(2,20)16-13-11-14-17-19/h20H,3-17H2,1-2H3. The van der Waals surface area contributed by atoms with Gasteiger partial charge in [-0.3, -0.25) is 4.39 Å². The van der Waals surface area contributed by atoms with Crippen molar-refractivity contribution in [2.24, 2.45) is 0 Å². The molecule has 0 aliphatic carbocycles. The van der Waals surface area contributed by atoms with Crippen molar-refractivity contribution >= 4 is 0 Å². The van der Waals surface area contributed by atoms with E-state index in [1.807, 2.05) is 6.92 Å². The molecule has 0 aromatic rings. The molecule has 122 valence electrons. The number of alkyl halides is 1. The maximum atomic E-state index is 12.0. The van der Waals surface area contributed by atoms with Gasteiger partial charge in [0.1, 0.15) is 0 Å². The average Bonchev–Trinajstić information content (AvgIpc) is 2.42. The second-order valence-electron chi connectivity index (χ2n) is 6.58. The molecule has 0 fully saturated rings. The normalized spacial score (nSPS) is 14.4. The molecule has 2 heteroatoms. The average molecular weight is 288 g/mol. The molecule has 1 nitrogen and oxygen atoms in total. The summed E-state index contributed by atoms with van der Waals surface area (Å²) >= 11 is 0. The molecule has 0 spiro atoms. The fourth-order valence-electron chi connectivity index (χ4n) is 2.72. The largest absolute Gasteiger partial charge is 0.390 e. The van der Waals surface area contributed by atoms with E-state index in [1.54, 1.807) is 0 Å². The molecule has 0 rings (SSSR count). The molecule has 20 heavy (non-hydrogen) atoms. The van der Waals surface area contributed by atoms with Gasteiger partial charge in [0.15, 0.2) is 0 Å². The predicted molar refractivity (Wildman–Crippen MR) is 86.9 cm³/mol. The SMILES string of the molecule is CCCCCCCCCCCC(C)(O)CCCCCF. The second kappa shape index (κ2) is 13.9. The minimum absolute atomic E-state index is 0.222. The third kappa shape index (κ3) is 14.3. The monoisotopic (exact) mass is 288 g/mol. The van der Waals surface area contributed by atoms with E-state index in [9.17, 15) is 9.50 Å². The minimum atomic E-state index is -0.530. The lowest BCUT2D eigenvalue weighted by molar-refractivity contribution is 0.0365. The van der Waals surface area contributed by atoms with Crippen molar-refractivity contribution in [2.45, 2.75) is 109 Å². The predicted octanol–water partition coefficient (Wildman–Crippen LogP) is 6.19. The summed E-state index contributed by atoms with van der Waals surface area (Å²) in [6, 6.07) is 0. The Morgan fingerprint density at radius 1 is 0.700 bits per heavy atom. The van der Waals surface area contributed by atoms with Crippen molar-refractivity contribution in [3.05, 3.63) is 0 Å². The van der Waals surface area contributed by atoms with Crippen LogP contribution in [0.2, 0.25) is 0 Å². The van der Waals surface area contributed by atoms with Crippen LogP contribution in [-0.4, -0.2) is 17.4 Å². The zero-order valence-electron chi connectivity index (χ0n) is 13.9. The van der Waals surface area contributed by atoms with Gasteiger partial charge in [-0.25, -0.2) is 0 Å². The fraction of sp³-hybridized carbons (Fsp3) is 1.00. The van der Waals surface area contributed by atoms with Crippen LogP contribution < -0.4 is 0 Å². The van der Waals surface area contributed by atoms with Crippen LogP contribution in [-0.2, 0) is 0 Å². The third-order valence-corrected chi connectivity index (χ3v) is 4.17. The fourth-order valence-corrected chi connectivity index (χ4v) is 2.72. The van der Waals surface area contributed by atoms with E-state index in [-0.39, 0.29) is 6.67 Å². The molecular weight excluding hydrogens is 251 g/mol. The van der Waals surface area contributed by atoms with E-state index >= 15 is 0 Å². The van der Waals surface area contributed by atoms with E-state index in [0.717, 1.165) is 32.1 Å². The van der Waals surface area contributed by atoms with Gasteiger partial charge < -0.3 is 5.11 Å². The molecule has 0 aromatic heterocycles. The molecule has 0 aromatic carbocycles. The Balaban J connectivity index is 3.30.